The van der Waals surface area contributed by atoms with Crippen molar-refractivity contribution >= 4 is 51.4 Å². The second-order valence-electron chi connectivity index (χ2n) is 0.201. The molecule has 0 saturated carbocycles. The van der Waals surface area contributed by atoms with Crippen molar-refractivity contribution < 1.29 is 51.0 Å². The molecular formula is H2ClKO3Zr. The average molecular weight is 216 g/mol. The SMILES string of the molecule is [KH].[O-][Cl+2]([O-])O.[Zr]. The maximum atomic E-state index is 8.52. The van der Waals surface area contributed by atoms with E-state index in [4.69, 9.17) is 14.0 Å². The molecule has 0 aromatic heterocycles. The maximum absolute atomic E-state index is 8.52. The summed E-state index contributed by atoms with van der Waals surface area (Å²) in [6.45, 7) is 0. The Morgan fingerprint density at radius 3 is 1.33 bits per heavy atom. The molecule has 1 N–H and O–H groups in total. The average Bonchev–Trinajstić information content (AvgIpc) is 0.811. The summed E-state index contributed by atoms with van der Waals surface area (Å²) in [6.07, 6.45) is 0. The molecule has 0 radical (unpaired) electrons. The van der Waals surface area contributed by atoms with Gasteiger partial charge in [0.25, 0.3) is 10.8 Å². The molecule has 0 spiro atoms. The van der Waals surface area contributed by atoms with Gasteiger partial charge in [0, 0.05) is 30.9 Å². The van der Waals surface area contributed by atoms with Crippen LogP contribution in [-0.2, 0) is 26.2 Å². The van der Waals surface area contributed by atoms with E-state index in [1.54, 1.807) is 0 Å². The van der Waals surface area contributed by atoms with Crippen LogP contribution in [0.4, 0.5) is 0 Å². The van der Waals surface area contributed by atoms with Crippen LogP contribution in [0.15, 0.2) is 0 Å². The predicted octanol–water partition coefficient (Wildman–Crippen LogP) is -3.59. The summed E-state index contributed by atoms with van der Waals surface area (Å²) in [5.74, 6) is 0. The van der Waals surface area contributed by atoms with Crippen LogP contribution in [0.3, 0.4) is 0 Å². The summed E-state index contributed by atoms with van der Waals surface area (Å²) in [7, 11) is -2.60. The molecule has 0 unspecified atom stereocenters. The van der Waals surface area contributed by atoms with E-state index in [1.807, 2.05) is 0 Å². The Kier molecular flexibility index (Phi) is 28.1. The molecule has 0 amide bonds. The van der Waals surface area contributed by atoms with Gasteiger partial charge in [-0.1, -0.05) is 0 Å². The zero-order chi connectivity index (χ0) is 3.58. The van der Waals surface area contributed by atoms with Gasteiger partial charge in [0.15, 0.2) is 0 Å². The third-order valence-corrected chi connectivity index (χ3v) is 0. The number of rotatable bonds is 0. The van der Waals surface area contributed by atoms with E-state index in [1.165, 1.54) is 0 Å². The fraction of sp³-hybridized carbons (Fsp3) is 0. The zero-order valence-electron chi connectivity index (χ0n) is 2.14. The largest absolute Gasteiger partial charge is 0.321 e. The van der Waals surface area contributed by atoms with Gasteiger partial charge >= 0.3 is 51.4 Å². The minimum Gasteiger partial charge on any atom is -0.321 e. The Hall–Kier alpha value is 2.69. The molecule has 6 heteroatoms. The first-order chi connectivity index (χ1) is 1.73. The standard InChI is InChI=1S/ClHO3.K.Zr.H/c2-1(3)4;;;/h2H;;;. The first-order valence-electron chi connectivity index (χ1n) is 0.478. The molecule has 0 bridgehead atoms. The van der Waals surface area contributed by atoms with Crippen molar-refractivity contribution in [3.8, 4) is 0 Å². The Bertz CT molecular complexity index is 15.5. The molecule has 0 saturated heterocycles. The molecular weight excluding hydrogens is 214 g/mol. The van der Waals surface area contributed by atoms with E-state index in [0.29, 0.717) is 0 Å². The van der Waals surface area contributed by atoms with Gasteiger partial charge in [-0.25, -0.2) is 0 Å². The third kappa shape index (κ3) is 29.9. The van der Waals surface area contributed by atoms with Gasteiger partial charge in [-0.3, -0.25) is 0 Å². The van der Waals surface area contributed by atoms with Crippen molar-refractivity contribution in [1.82, 2.24) is 0 Å². The van der Waals surface area contributed by atoms with Crippen LogP contribution in [0.2, 0.25) is 0 Å². The van der Waals surface area contributed by atoms with Crippen molar-refractivity contribution in [3.63, 3.8) is 0 Å². The number of hydrogen-bond acceptors (Lipinski definition) is 3. The Morgan fingerprint density at radius 1 is 1.33 bits per heavy atom. The summed E-state index contributed by atoms with van der Waals surface area (Å²) < 4.78 is 24.0. The molecule has 0 rings (SSSR count). The van der Waals surface area contributed by atoms with E-state index in [2.05, 4.69) is 0 Å². The number of halogens is 1. The van der Waals surface area contributed by atoms with E-state index in [9.17, 15) is 0 Å². The van der Waals surface area contributed by atoms with Gasteiger partial charge in [-0.2, -0.15) is 0 Å². The molecule has 6 heavy (non-hydrogen) atoms. The molecule has 0 aliphatic heterocycles. The zero-order valence-corrected chi connectivity index (χ0v) is 5.36. The smallest absolute Gasteiger partial charge is 0.282 e. The van der Waals surface area contributed by atoms with Crippen LogP contribution in [0.25, 0.3) is 0 Å². The van der Waals surface area contributed by atoms with E-state index in [-0.39, 0.29) is 77.6 Å². The van der Waals surface area contributed by atoms with Gasteiger partial charge in [-0.15, -0.1) is 0 Å². The molecule has 0 aromatic rings. The van der Waals surface area contributed by atoms with Gasteiger partial charge < -0.3 is 9.32 Å². The molecule has 0 aliphatic rings. The Labute approximate surface area is 100 Å². The molecule has 0 atom stereocenters. The first kappa shape index (κ1) is 15.9. The van der Waals surface area contributed by atoms with Crippen LogP contribution in [0.5, 0.6) is 0 Å². The number of hydrogen-bond donors (Lipinski definition) is 1. The summed E-state index contributed by atoms with van der Waals surface area (Å²) in [5.41, 5.74) is 0. The van der Waals surface area contributed by atoms with Crippen molar-refractivity contribution in [1.29, 1.82) is 0 Å². The minimum atomic E-state index is -2.60. The maximum Gasteiger partial charge on any atom is 0.282 e. The predicted molar refractivity (Wildman–Crippen MR) is 9.37 cm³/mol. The topological polar surface area (TPSA) is 66.3 Å². The summed E-state index contributed by atoms with van der Waals surface area (Å²) in [5, 5.41) is 0. The summed E-state index contributed by atoms with van der Waals surface area (Å²) >= 11 is 0. The van der Waals surface area contributed by atoms with Crippen LogP contribution < -0.4 is 9.32 Å². The first-order valence-corrected chi connectivity index (χ1v) is 1.43. The molecule has 3 nitrogen and oxygen atoms in total. The van der Waals surface area contributed by atoms with Crippen molar-refractivity contribution in [3.05, 3.63) is 0 Å². The second-order valence-corrected chi connectivity index (χ2v) is 0.603. The normalized spacial score (nSPS) is 6.00. The summed E-state index contributed by atoms with van der Waals surface area (Å²) in [4.78, 5) is 0. The molecule has 32 valence electrons. The minimum absolute atomic E-state index is 0. The van der Waals surface area contributed by atoms with Crippen molar-refractivity contribution in [2.75, 3.05) is 0 Å². The van der Waals surface area contributed by atoms with E-state index in [0.717, 1.165) is 0 Å². The monoisotopic (exact) mass is 214 g/mol. The molecule has 0 heterocycles. The Balaban J connectivity index is -0.0000000450. The van der Waals surface area contributed by atoms with E-state index >= 15 is 0 Å². The fourth-order valence-corrected chi connectivity index (χ4v) is 0. The van der Waals surface area contributed by atoms with Gasteiger partial charge in [0.1, 0.15) is 0 Å². The Morgan fingerprint density at radius 2 is 1.33 bits per heavy atom. The molecule has 0 aliphatic carbocycles. The van der Waals surface area contributed by atoms with Gasteiger partial charge in [0.2, 0.25) is 0 Å². The molecule has 0 fully saturated rings. The second kappa shape index (κ2) is 10.6. The van der Waals surface area contributed by atoms with Crippen LogP contribution in [0, 0.1) is 10.8 Å². The molecule has 0 aromatic carbocycles. The van der Waals surface area contributed by atoms with Gasteiger partial charge in [-0.05, 0) is 0 Å². The summed E-state index contributed by atoms with van der Waals surface area (Å²) in [6, 6.07) is 0. The third-order valence-electron chi connectivity index (χ3n) is 0. The van der Waals surface area contributed by atoms with Crippen LogP contribution in [0.1, 0.15) is 0 Å². The van der Waals surface area contributed by atoms with Crippen molar-refractivity contribution in [2.45, 2.75) is 0 Å². The van der Waals surface area contributed by atoms with Gasteiger partial charge in [0.05, 0.1) is 0 Å². The van der Waals surface area contributed by atoms with Crippen LogP contribution >= 0.6 is 0 Å². The fourth-order valence-electron chi connectivity index (χ4n) is 0. The van der Waals surface area contributed by atoms with E-state index < -0.39 is 10.8 Å². The van der Waals surface area contributed by atoms with Crippen LogP contribution in [-0.4, -0.2) is 56.0 Å². The quantitative estimate of drug-likeness (QED) is 0.425. The van der Waals surface area contributed by atoms with Crippen molar-refractivity contribution in [2.24, 2.45) is 0 Å².